The molecule has 0 bridgehead atoms. The fourth-order valence-electron chi connectivity index (χ4n) is 2.90. The second-order valence-corrected chi connectivity index (χ2v) is 7.06. The predicted octanol–water partition coefficient (Wildman–Crippen LogP) is 3.27. The number of nitrogens with one attached hydrogen (secondary N) is 2. The highest BCUT2D eigenvalue weighted by atomic mass is 16.5. The van der Waals surface area contributed by atoms with Gasteiger partial charge in [-0.3, -0.25) is 9.59 Å². The predicted molar refractivity (Wildman–Crippen MR) is 110 cm³/mol. The number of methoxy groups -OCH3 is 1. The number of amides is 2. The van der Waals surface area contributed by atoms with Gasteiger partial charge in [0.25, 0.3) is 5.91 Å². The van der Waals surface area contributed by atoms with Gasteiger partial charge in [0, 0.05) is 24.2 Å². The van der Waals surface area contributed by atoms with Gasteiger partial charge in [-0.05, 0) is 61.6 Å². The van der Waals surface area contributed by atoms with Crippen molar-refractivity contribution >= 4 is 17.9 Å². The van der Waals surface area contributed by atoms with Crippen molar-refractivity contribution in [2.45, 2.75) is 32.2 Å². The van der Waals surface area contributed by atoms with Crippen LogP contribution in [0.2, 0.25) is 0 Å². The highest BCUT2D eigenvalue weighted by Gasteiger charge is 2.23. The van der Waals surface area contributed by atoms with Crippen LogP contribution in [-0.4, -0.2) is 31.5 Å². The Kier molecular flexibility index (Phi) is 6.48. The number of rotatable bonds is 8. The first kappa shape index (κ1) is 19.7. The smallest absolute Gasteiger partial charge is 0.251 e. The van der Waals surface area contributed by atoms with Crippen LogP contribution in [0.1, 0.15) is 39.9 Å². The molecule has 1 aliphatic rings. The van der Waals surface area contributed by atoms with E-state index in [1.54, 1.807) is 25.3 Å². The van der Waals surface area contributed by atoms with Gasteiger partial charge in [0.1, 0.15) is 5.75 Å². The third kappa shape index (κ3) is 5.71. The molecule has 0 unspecified atom stereocenters. The van der Waals surface area contributed by atoms with Crippen LogP contribution in [0.25, 0.3) is 6.08 Å². The number of benzene rings is 2. The molecule has 1 fully saturated rings. The number of hydrogen-bond acceptors (Lipinski definition) is 3. The average molecular weight is 378 g/mol. The first-order chi connectivity index (χ1) is 13.5. The van der Waals surface area contributed by atoms with Crippen molar-refractivity contribution in [3.63, 3.8) is 0 Å². The van der Waals surface area contributed by atoms with Gasteiger partial charge < -0.3 is 15.4 Å². The maximum Gasteiger partial charge on any atom is 0.251 e. The fourth-order valence-corrected chi connectivity index (χ4v) is 2.90. The molecule has 0 spiro atoms. The van der Waals surface area contributed by atoms with E-state index in [0.29, 0.717) is 24.6 Å². The molecule has 2 amide bonds. The molecule has 1 saturated carbocycles. The van der Waals surface area contributed by atoms with Gasteiger partial charge in [0.2, 0.25) is 5.91 Å². The first-order valence-corrected chi connectivity index (χ1v) is 9.55. The van der Waals surface area contributed by atoms with E-state index >= 15 is 0 Å². The van der Waals surface area contributed by atoms with Crippen LogP contribution < -0.4 is 15.4 Å². The van der Waals surface area contributed by atoms with Crippen LogP contribution in [0.15, 0.2) is 48.5 Å². The second kappa shape index (κ2) is 9.22. The third-order valence-corrected chi connectivity index (χ3v) is 4.64. The lowest BCUT2D eigenvalue weighted by atomic mass is 10.1. The van der Waals surface area contributed by atoms with E-state index in [-0.39, 0.29) is 11.8 Å². The van der Waals surface area contributed by atoms with Gasteiger partial charge in [-0.1, -0.05) is 29.8 Å². The van der Waals surface area contributed by atoms with Crippen molar-refractivity contribution < 1.29 is 14.3 Å². The van der Waals surface area contributed by atoms with Crippen LogP contribution in [0, 0.1) is 6.92 Å². The minimum atomic E-state index is -0.151. The van der Waals surface area contributed by atoms with Crippen molar-refractivity contribution in [3.05, 3.63) is 70.8 Å². The summed E-state index contributed by atoms with van der Waals surface area (Å²) in [6.07, 6.45) is 6.09. The van der Waals surface area contributed by atoms with E-state index in [0.717, 1.165) is 35.3 Å². The molecule has 0 aliphatic heterocycles. The summed E-state index contributed by atoms with van der Waals surface area (Å²) in [6.45, 7) is 2.56. The molecular formula is C23H26N2O3. The Morgan fingerprint density at radius 2 is 1.89 bits per heavy atom. The molecule has 2 N–H and O–H groups in total. The second-order valence-electron chi connectivity index (χ2n) is 7.06. The summed E-state index contributed by atoms with van der Waals surface area (Å²) < 4.78 is 5.36. The molecule has 0 heterocycles. The van der Waals surface area contributed by atoms with Crippen molar-refractivity contribution in [1.29, 1.82) is 0 Å². The summed E-state index contributed by atoms with van der Waals surface area (Å²) in [5.41, 5.74) is 3.75. The van der Waals surface area contributed by atoms with Crippen molar-refractivity contribution in [2.24, 2.45) is 0 Å². The summed E-state index contributed by atoms with van der Waals surface area (Å²) in [4.78, 5) is 24.0. The lowest BCUT2D eigenvalue weighted by Crippen LogP contribution is -2.25. The van der Waals surface area contributed by atoms with Gasteiger partial charge >= 0.3 is 0 Å². The Morgan fingerprint density at radius 3 is 2.57 bits per heavy atom. The monoisotopic (exact) mass is 378 g/mol. The van der Waals surface area contributed by atoms with E-state index in [1.807, 2.05) is 31.2 Å². The molecule has 0 aromatic heterocycles. The fraction of sp³-hybridized carbons (Fsp3) is 0.304. The SMILES string of the molecule is COc1ccc(C)cc1CCNC(=O)/C=C/c1ccc(C(=O)NC2CC2)cc1. The van der Waals surface area contributed by atoms with Crippen molar-refractivity contribution in [3.8, 4) is 5.75 Å². The van der Waals surface area contributed by atoms with E-state index in [2.05, 4.69) is 16.7 Å². The molecule has 1 aliphatic carbocycles. The lowest BCUT2D eigenvalue weighted by molar-refractivity contribution is -0.116. The van der Waals surface area contributed by atoms with E-state index < -0.39 is 0 Å². The summed E-state index contributed by atoms with van der Waals surface area (Å²) in [5.74, 6) is 0.644. The summed E-state index contributed by atoms with van der Waals surface area (Å²) in [5, 5.41) is 5.84. The highest BCUT2D eigenvalue weighted by molar-refractivity contribution is 5.95. The lowest BCUT2D eigenvalue weighted by Gasteiger charge is -2.09. The number of ether oxygens (including phenoxy) is 1. The highest BCUT2D eigenvalue weighted by Crippen LogP contribution is 2.20. The van der Waals surface area contributed by atoms with Gasteiger partial charge in [0.05, 0.1) is 7.11 Å². The Hall–Kier alpha value is -3.08. The molecular weight excluding hydrogens is 352 g/mol. The van der Waals surface area contributed by atoms with Crippen molar-refractivity contribution in [1.82, 2.24) is 10.6 Å². The quantitative estimate of drug-likeness (QED) is 0.693. The molecule has 0 atom stereocenters. The topological polar surface area (TPSA) is 67.4 Å². The number of carbonyl (C=O) groups is 2. The zero-order chi connectivity index (χ0) is 19.9. The Morgan fingerprint density at radius 1 is 1.14 bits per heavy atom. The largest absolute Gasteiger partial charge is 0.496 e. The molecule has 5 heteroatoms. The standard InChI is InChI=1S/C23H26N2O3/c1-16-3-11-21(28-2)19(15-16)13-14-24-22(26)12-6-17-4-7-18(8-5-17)23(27)25-20-9-10-20/h3-8,11-12,15,20H,9-10,13-14H2,1-2H3,(H,24,26)(H,25,27)/b12-6+. The van der Waals surface area contributed by atoms with Crippen LogP contribution in [0.4, 0.5) is 0 Å². The molecule has 3 rings (SSSR count). The van der Waals surface area contributed by atoms with Crippen molar-refractivity contribution in [2.75, 3.05) is 13.7 Å². The minimum Gasteiger partial charge on any atom is -0.496 e. The Bertz CT molecular complexity index is 868. The molecule has 0 saturated heterocycles. The van der Waals surface area contributed by atoms with Crippen LogP contribution >= 0.6 is 0 Å². The third-order valence-electron chi connectivity index (χ3n) is 4.64. The number of aryl methyl sites for hydroxylation is 1. The average Bonchev–Trinajstić information content (AvgIpc) is 3.51. The number of carbonyl (C=O) groups excluding carboxylic acids is 2. The molecule has 2 aromatic carbocycles. The first-order valence-electron chi connectivity index (χ1n) is 9.55. The van der Waals surface area contributed by atoms with Gasteiger partial charge in [-0.15, -0.1) is 0 Å². The number of hydrogen-bond donors (Lipinski definition) is 2. The minimum absolute atomic E-state index is 0.0395. The zero-order valence-corrected chi connectivity index (χ0v) is 16.3. The van der Waals surface area contributed by atoms with Crippen LogP contribution in [0.5, 0.6) is 5.75 Å². The molecule has 0 radical (unpaired) electrons. The zero-order valence-electron chi connectivity index (χ0n) is 16.3. The Labute approximate surface area is 165 Å². The Balaban J connectivity index is 1.47. The molecule has 146 valence electrons. The van der Waals surface area contributed by atoms with E-state index in [4.69, 9.17) is 4.74 Å². The molecule has 5 nitrogen and oxygen atoms in total. The van der Waals surface area contributed by atoms with Crippen LogP contribution in [0.3, 0.4) is 0 Å². The van der Waals surface area contributed by atoms with E-state index in [9.17, 15) is 9.59 Å². The normalized spacial score (nSPS) is 13.4. The maximum absolute atomic E-state index is 12.0. The van der Waals surface area contributed by atoms with Gasteiger partial charge in [0.15, 0.2) is 0 Å². The van der Waals surface area contributed by atoms with Gasteiger partial charge in [-0.25, -0.2) is 0 Å². The summed E-state index contributed by atoms with van der Waals surface area (Å²) in [7, 11) is 1.65. The molecule has 28 heavy (non-hydrogen) atoms. The summed E-state index contributed by atoms with van der Waals surface area (Å²) in [6, 6.07) is 13.6. The van der Waals surface area contributed by atoms with Gasteiger partial charge in [-0.2, -0.15) is 0 Å². The van der Waals surface area contributed by atoms with Crippen LogP contribution in [-0.2, 0) is 11.2 Å². The van der Waals surface area contributed by atoms with E-state index in [1.165, 1.54) is 6.08 Å². The summed E-state index contributed by atoms with van der Waals surface area (Å²) >= 11 is 0. The molecule has 2 aromatic rings. The maximum atomic E-state index is 12.0.